The van der Waals surface area contributed by atoms with Crippen LogP contribution < -0.4 is 5.32 Å². The number of carbonyl (C=O) groups is 1. The van der Waals surface area contributed by atoms with Crippen LogP contribution in [0.2, 0.25) is 0 Å². The Labute approximate surface area is 207 Å². The second kappa shape index (κ2) is 9.93. The Kier molecular flexibility index (Phi) is 6.74. The third-order valence-corrected chi connectivity index (χ3v) is 5.34. The lowest BCUT2D eigenvalue weighted by Crippen LogP contribution is -2.18. The maximum Gasteiger partial charge on any atom is 0.435 e. The summed E-state index contributed by atoms with van der Waals surface area (Å²) in [4.78, 5) is 12.9. The van der Waals surface area contributed by atoms with Gasteiger partial charge in [-0.05, 0) is 53.6 Å². The lowest BCUT2D eigenvalue weighted by Gasteiger charge is -2.14. The summed E-state index contributed by atoms with van der Waals surface area (Å²) >= 11 is 0. The van der Waals surface area contributed by atoms with Gasteiger partial charge in [0, 0.05) is 6.07 Å². The SMILES string of the molecule is N#Cc1cccc(C(O)c2ccc(NC(=O)c3cc(C(F)(F)F)nn3-c3cccc(C#N)c3)c(F)c2)c1. The van der Waals surface area contributed by atoms with Crippen molar-refractivity contribution in [2.45, 2.75) is 12.3 Å². The molecular weight excluding hydrogens is 490 g/mol. The zero-order valence-corrected chi connectivity index (χ0v) is 18.7. The molecule has 0 spiro atoms. The summed E-state index contributed by atoms with van der Waals surface area (Å²) in [6.45, 7) is 0. The van der Waals surface area contributed by atoms with Crippen molar-refractivity contribution in [1.29, 1.82) is 10.5 Å². The fraction of sp³-hybridized carbons (Fsp3) is 0.0769. The third-order valence-electron chi connectivity index (χ3n) is 5.34. The molecule has 1 amide bonds. The largest absolute Gasteiger partial charge is 0.435 e. The number of nitrogens with zero attached hydrogens (tertiary/aromatic N) is 4. The molecule has 1 atom stereocenters. The van der Waals surface area contributed by atoms with Gasteiger partial charge in [-0.3, -0.25) is 4.79 Å². The van der Waals surface area contributed by atoms with E-state index in [2.05, 4.69) is 10.4 Å². The van der Waals surface area contributed by atoms with E-state index in [-0.39, 0.29) is 22.5 Å². The fourth-order valence-electron chi connectivity index (χ4n) is 3.55. The number of amides is 1. The number of benzene rings is 3. The number of carbonyl (C=O) groups excluding carboxylic acids is 1. The molecule has 4 rings (SSSR count). The number of aromatic nitrogens is 2. The van der Waals surface area contributed by atoms with E-state index in [1.807, 2.05) is 12.1 Å². The van der Waals surface area contributed by atoms with E-state index in [0.717, 1.165) is 16.8 Å². The van der Waals surface area contributed by atoms with Crippen LogP contribution in [0.15, 0.2) is 72.8 Å². The smallest absolute Gasteiger partial charge is 0.384 e. The number of halogens is 4. The summed E-state index contributed by atoms with van der Waals surface area (Å²) in [5, 5.41) is 34.4. The quantitative estimate of drug-likeness (QED) is 0.366. The maximum atomic E-state index is 14.8. The van der Waals surface area contributed by atoms with Gasteiger partial charge in [-0.25, -0.2) is 9.07 Å². The summed E-state index contributed by atoms with van der Waals surface area (Å²) in [6, 6.07) is 19.3. The first-order valence-corrected chi connectivity index (χ1v) is 10.6. The average molecular weight is 505 g/mol. The maximum absolute atomic E-state index is 14.8. The van der Waals surface area contributed by atoms with Gasteiger partial charge < -0.3 is 10.4 Å². The van der Waals surface area contributed by atoms with Crippen molar-refractivity contribution >= 4 is 11.6 Å². The number of nitrogens with one attached hydrogen (secondary N) is 1. The van der Waals surface area contributed by atoms with E-state index in [0.29, 0.717) is 17.2 Å². The monoisotopic (exact) mass is 505 g/mol. The van der Waals surface area contributed by atoms with Crippen LogP contribution in [0.4, 0.5) is 23.2 Å². The van der Waals surface area contributed by atoms with Gasteiger partial charge in [-0.1, -0.05) is 24.3 Å². The molecule has 37 heavy (non-hydrogen) atoms. The van der Waals surface area contributed by atoms with Crippen LogP contribution in [0, 0.1) is 28.5 Å². The summed E-state index contributed by atoms with van der Waals surface area (Å²) in [5.74, 6) is -2.03. The van der Waals surface area contributed by atoms with E-state index >= 15 is 0 Å². The number of aliphatic hydroxyl groups is 1. The summed E-state index contributed by atoms with van der Waals surface area (Å²) < 4.78 is 55.6. The molecule has 184 valence electrons. The molecule has 11 heteroatoms. The molecule has 7 nitrogen and oxygen atoms in total. The minimum atomic E-state index is -4.86. The second-order valence-corrected chi connectivity index (χ2v) is 7.82. The highest BCUT2D eigenvalue weighted by molar-refractivity contribution is 6.03. The highest BCUT2D eigenvalue weighted by atomic mass is 19.4. The van der Waals surface area contributed by atoms with Gasteiger partial charge >= 0.3 is 6.18 Å². The van der Waals surface area contributed by atoms with Gasteiger partial charge in [-0.15, -0.1) is 0 Å². The Bertz CT molecular complexity index is 1580. The average Bonchev–Trinajstić information content (AvgIpc) is 3.36. The number of alkyl halides is 3. The van der Waals surface area contributed by atoms with Crippen LogP contribution in [0.1, 0.15) is 44.5 Å². The van der Waals surface area contributed by atoms with Crippen molar-refractivity contribution in [1.82, 2.24) is 9.78 Å². The van der Waals surface area contributed by atoms with Crippen LogP contribution in [0.5, 0.6) is 0 Å². The molecule has 0 aliphatic rings. The fourth-order valence-corrected chi connectivity index (χ4v) is 3.55. The zero-order valence-electron chi connectivity index (χ0n) is 18.7. The van der Waals surface area contributed by atoms with E-state index in [1.165, 1.54) is 36.4 Å². The van der Waals surface area contributed by atoms with Gasteiger partial charge in [0.25, 0.3) is 5.91 Å². The van der Waals surface area contributed by atoms with Crippen molar-refractivity contribution in [2.24, 2.45) is 0 Å². The predicted octanol–water partition coefficient (Wildman–Crippen LogP) is 5.11. The molecule has 0 saturated carbocycles. The number of rotatable bonds is 5. The first-order valence-electron chi connectivity index (χ1n) is 10.6. The molecule has 0 aliphatic heterocycles. The number of hydrogen-bond acceptors (Lipinski definition) is 5. The molecule has 1 heterocycles. The lowest BCUT2D eigenvalue weighted by atomic mass is 9.99. The zero-order chi connectivity index (χ0) is 26.7. The first-order chi connectivity index (χ1) is 17.6. The highest BCUT2D eigenvalue weighted by Crippen LogP contribution is 2.31. The van der Waals surface area contributed by atoms with Crippen molar-refractivity contribution in [3.05, 3.63) is 112 Å². The number of hydrogen-bond donors (Lipinski definition) is 2. The lowest BCUT2D eigenvalue weighted by molar-refractivity contribution is -0.141. The van der Waals surface area contributed by atoms with Crippen LogP contribution in [0.3, 0.4) is 0 Å². The standard InChI is InChI=1S/C26H15F4N5O2/c27-20-11-18(24(36)17-5-1-3-15(9-17)13-31)7-8-21(20)33-25(37)22-12-23(26(28,29)30)34-35(22)19-6-2-4-16(10-19)14-32/h1-12,24,36H,(H,33,37). The third kappa shape index (κ3) is 5.32. The Morgan fingerprint density at radius 3 is 2.24 bits per heavy atom. The van der Waals surface area contributed by atoms with Gasteiger partial charge in [0.15, 0.2) is 5.69 Å². The Hall–Kier alpha value is -5.00. The molecule has 3 aromatic carbocycles. The first kappa shape index (κ1) is 25.1. The molecule has 0 saturated heterocycles. The Balaban J connectivity index is 1.65. The van der Waals surface area contributed by atoms with Crippen LogP contribution >= 0.6 is 0 Å². The van der Waals surface area contributed by atoms with Crippen LogP contribution in [-0.4, -0.2) is 20.8 Å². The van der Waals surface area contributed by atoms with Gasteiger partial charge in [-0.2, -0.15) is 28.8 Å². The molecule has 0 fully saturated rings. The van der Waals surface area contributed by atoms with E-state index in [9.17, 15) is 27.5 Å². The van der Waals surface area contributed by atoms with Crippen LogP contribution in [-0.2, 0) is 6.18 Å². The normalized spacial score (nSPS) is 11.9. The summed E-state index contributed by atoms with van der Waals surface area (Å²) in [5.41, 5.74) is -1.30. The van der Waals surface area contributed by atoms with Crippen molar-refractivity contribution < 1.29 is 27.5 Å². The van der Waals surface area contributed by atoms with Crippen molar-refractivity contribution in [3.8, 4) is 17.8 Å². The molecule has 2 N–H and O–H groups in total. The van der Waals surface area contributed by atoms with Crippen molar-refractivity contribution in [3.63, 3.8) is 0 Å². The second-order valence-electron chi connectivity index (χ2n) is 7.82. The molecule has 1 unspecified atom stereocenters. The van der Waals surface area contributed by atoms with E-state index < -0.39 is 35.4 Å². The van der Waals surface area contributed by atoms with Crippen LogP contribution in [0.25, 0.3) is 5.69 Å². The van der Waals surface area contributed by atoms with Gasteiger partial charge in [0.2, 0.25) is 0 Å². The molecule has 4 aromatic rings. The molecule has 0 bridgehead atoms. The Morgan fingerprint density at radius 1 is 0.946 bits per heavy atom. The predicted molar refractivity (Wildman–Crippen MR) is 123 cm³/mol. The topological polar surface area (TPSA) is 115 Å². The number of nitriles is 2. The number of aliphatic hydroxyl groups excluding tert-OH is 1. The van der Waals surface area contributed by atoms with E-state index in [1.54, 1.807) is 18.2 Å². The molecule has 0 radical (unpaired) electrons. The van der Waals surface area contributed by atoms with Gasteiger partial charge in [0.05, 0.1) is 34.6 Å². The summed E-state index contributed by atoms with van der Waals surface area (Å²) in [7, 11) is 0. The van der Waals surface area contributed by atoms with Crippen molar-refractivity contribution in [2.75, 3.05) is 5.32 Å². The minimum Gasteiger partial charge on any atom is -0.384 e. The minimum absolute atomic E-state index is 0.0261. The van der Waals surface area contributed by atoms with E-state index in [4.69, 9.17) is 10.5 Å². The summed E-state index contributed by atoms with van der Waals surface area (Å²) in [6.07, 6.45) is -6.13. The highest BCUT2D eigenvalue weighted by Gasteiger charge is 2.36. The molecule has 1 aromatic heterocycles. The van der Waals surface area contributed by atoms with Gasteiger partial charge in [0.1, 0.15) is 17.6 Å². The molecular formula is C26H15F4N5O2. The molecule has 0 aliphatic carbocycles. The Morgan fingerprint density at radius 2 is 1.59 bits per heavy atom. The number of anilines is 1.